The molecule has 0 bridgehead atoms. The molecule has 1 aromatic carbocycles. The predicted octanol–water partition coefficient (Wildman–Crippen LogP) is 7.48. The monoisotopic (exact) mass is 418 g/mol. The van der Waals surface area contributed by atoms with Gasteiger partial charge in [0.25, 0.3) is 0 Å². The van der Waals surface area contributed by atoms with E-state index in [1.807, 2.05) is 18.2 Å². The van der Waals surface area contributed by atoms with Gasteiger partial charge in [0.2, 0.25) is 0 Å². The minimum atomic E-state index is -1.51. The van der Waals surface area contributed by atoms with Gasteiger partial charge in [0.1, 0.15) is 0 Å². The minimum Gasteiger partial charge on any atom is -0.494 e. The van der Waals surface area contributed by atoms with Crippen molar-refractivity contribution in [2.24, 2.45) is 17.8 Å². The van der Waals surface area contributed by atoms with Crippen molar-refractivity contribution in [3.8, 4) is 5.75 Å². The average molecular weight is 419 g/mol. The molecular weight excluding hydrogens is 385 g/mol. The summed E-state index contributed by atoms with van der Waals surface area (Å²) in [6.45, 7) is 2.24. The van der Waals surface area contributed by atoms with Gasteiger partial charge in [-0.05, 0) is 91.0 Å². The molecule has 2 atom stereocenters. The number of methoxy groups -OCH3 is 1. The highest BCUT2D eigenvalue weighted by molar-refractivity contribution is 5.36. The Hall–Kier alpha value is -1.71. The molecule has 2 unspecified atom stereocenters. The molecule has 0 N–H and O–H groups in total. The molecule has 1 aromatic rings. The highest BCUT2D eigenvalue weighted by atomic mass is 19.2. The van der Waals surface area contributed by atoms with Crippen LogP contribution < -0.4 is 4.74 Å². The van der Waals surface area contributed by atoms with Crippen LogP contribution in [0.3, 0.4) is 0 Å². The zero-order valence-electron chi connectivity index (χ0n) is 18.0. The molecule has 1 nitrogen and oxygen atoms in total. The molecule has 0 aliphatic heterocycles. The van der Waals surface area contributed by atoms with Gasteiger partial charge in [0, 0.05) is 0 Å². The third-order valence-electron chi connectivity index (χ3n) is 7.70. The van der Waals surface area contributed by atoms with Crippen LogP contribution in [0.1, 0.15) is 69.8 Å². The second-order valence-corrected chi connectivity index (χ2v) is 9.54. The van der Waals surface area contributed by atoms with Crippen molar-refractivity contribution in [1.82, 2.24) is 0 Å². The second-order valence-electron chi connectivity index (χ2n) is 9.54. The van der Waals surface area contributed by atoms with E-state index in [-0.39, 0.29) is 29.3 Å². The molecule has 0 radical (unpaired) electrons. The number of ether oxygens (including phenoxy) is 1. The van der Waals surface area contributed by atoms with Gasteiger partial charge in [0.15, 0.2) is 23.9 Å². The smallest absolute Gasteiger partial charge is 0.165 e. The van der Waals surface area contributed by atoms with Crippen LogP contribution >= 0.6 is 0 Å². The van der Waals surface area contributed by atoms with Crippen LogP contribution in [0.2, 0.25) is 0 Å². The summed E-state index contributed by atoms with van der Waals surface area (Å²) in [5.41, 5.74) is 2.29. The van der Waals surface area contributed by atoms with Gasteiger partial charge in [-0.1, -0.05) is 38.0 Å². The Bertz CT molecular complexity index is 798. The fourth-order valence-corrected chi connectivity index (χ4v) is 5.73. The van der Waals surface area contributed by atoms with Crippen molar-refractivity contribution in [2.45, 2.75) is 76.6 Å². The largest absolute Gasteiger partial charge is 0.494 e. The third kappa shape index (κ3) is 4.33. The number of hydrogen-bond acceptors (Lipinski definition) is 1. The molecule has 0 aromatic heterocycles. The molecule has 3 aliphatic carbocycles. The molecule has 0 spiro atoms. The Labute approximate surface area is 178 Å². The zero-order chi connectivity index (χ0) is 21.3. The Morgan fingerprint density at radius 2 is 1.27 bits per heavy atom. The summed E-state index contributed by atoms with van der Waals surface area (Å²) in [4.78, 5) is 0. The Balaban J connectivity index is 1.41. The first-order chi connectivity index (χ1) is 14.5. The number of halogens is 3. The molecule has 30 heavy (non-hydrogen) atoms. The molecule has 0 heterocycles. The van der Waals surface area contributed by atoms with E-state index >= 15 is 8.78 Å². The maximum Gasteiger partial charge on any atom is 0.165 e. The lowest BCUT2D eigenvalue weighted by molar-refractivity contribution is 0.178. The zero-order valence-corrected chi connectivity index (χ0v) is 18.0. The van der Waals surface area contributed by atoms with Crippen molar-refractivity contribution < 1.29 is 17.9 Å². The molecule has 4 rings (SSSR count). The normalized spacial score (nSPS) is 34.8. The average Bonchev–Trinajstić information content (AvgIpc) is 2.76. The van der Waals surface area contributed by atoms with Gasteiger partial charge in [-0.3, -0.25) is 0 Å². The van der Waals surface area contributed by atoms with Crippen LogP contribution in [-0.2, 0) is 0 Å². The minimum absolute atomic E-state index is 0.0850. The van der Waals surface area contributed by atoms with Crippen LogP contribution in [-0.4, -0.2) is 19.5 Å². The molecule has 2 fully saturated rings. The summed E-state index contributed by atoms with van der Waals surface area (Å²) in [5.74, 6) is 1.16. The molecular formula is C26H33F3O. The van der Waals surface area contributed by atoms with Crippen molar-refractivity contribution in [2.75, 3.05) is 7.11 Å². The first-order valence-corrected chi connectivity index (χ1v) is 11.5. The summed E-state index contributed by atoms with van der Waals surface area (Å²) < 4.78 is 49.2. The second kappa shape index (κ2) is 9.20. The van der Waals surface area contributed by atoms with Gasteiger partial charge in [-0.15, -0.1) is 0 Å². The van der Waals surface area contributed by atoms with Gasteiger partial charge in [0.05, 0.1) is 7.11 Å². The standard InChI is InChI=1S/C26H33F3O/c1-16-3-5-18(6-4-16)21-12-13-22(26(29)25(21)28)19-9-7-17(8-10-19)20-11-14-24(30-2)23(27)15-20/h11-19,25-26H,3-10H2,1-2H3. The van der Waals surface area contributed by atoms with Crippen LogP contribution in [0.4, 0.5) is 13.2 Å². The quantitative estimate of drug-likeness (QED) is 0.492. The lowest BCUT2D eigenvalue weighted by atomic mass is 9.71. The molecule has 164 valence electrons. The summed E-state index contributed by atoms with van der Waals surface area (Å²) in [6, 6.07) is 5.14. The van der Waals surface area contributed by atoms with Crippen LogP contribution in [0.25, 0.3) is 0 Å². The highest BCUT2D eigenvalue weighted by Crippen LogP contribution is 2.45. The number of allylic oxidation sites excluding steroid dienone is 4. The molecule has 2 saturated carbocycles. The van der Waals surface area contributed by atoms with Gasteiger partial charge in [-0.25, -0.2) is 13.2 Å². The van der Waals surface area contributed by atoms with E-state index < -0.39 is 12.3 Å². The lowest BCUT2D eigenvalue weighted by Crippen LogP contribution is -2.33. The predicted molar refractivity (Wildman–Crippen MR) is 115 cm³/mol. The number of rotatable bonds is 4. The van der Waals surface area contributed by atoms with E-state index in [1.54, 1.807) is 12.1 Å². The molecule has 0 amide bonds. The molecule has 4 heteroatoms. The van der Waals surface area contributed by atoms with Crippen molar-refractivity contribution >= 4 is 0 Å². The fraction of sp³-hybridized carbons (Fsp3) is 0.615. The first-order valence-electron chi connectivity index (χ1n) is 11.5. The van der Waals surface area contributed by atoms with Crippen LogP contribution in [0.5, 0.6) is 5.75 Å². The SMILES string of the molecule is COc1ccc(C2CCC(C3=CC=C(C4CCC(C)CC4)C(F)C3F)CC2)cc1F. The van der Waals surface area contributed by atoms with Crippen molar-refractivity contribution in [1.29, 1.82) is 0 Å². The van der Waals surface area contributed by atoms with Crippen LogP contribution in [0.15, 0.2) is 41.5 Å². The summed E-state index contributed by atoms with van der Waals surface area (Å²) in [6.07, 6.45) is 8.33. The topological polar surface area (TPSA) is 9.23 Å². The van der Waals surface area contributed by atoms with E-state index in [2.05, 4.69) is 6.92 Å². The van der Waals surface area contributed by atoms with Crippen LogP contribution in [0, 0.1) is 23.6 Å². The summed E-state index contributed by atoms with van der Waals surface area (Å²) in [7, 11) is 1.46. The maximum atomic E-state index is 15.1. The Morgan fingerprint density at radius 1 is 0.767 bits per heavy atom. The lowest BCUT2D eigenvalue weighted by Gasteiger charge is -2.36. The highest BCUT2D eigenvalue weighted by Gasteiger charge is 2.38. The number of alkyl halides is 2. The summed E-state index contributed by atoms with van der Waals surface area (Å²) >= 11 is 0. The fourth-order valence-electron chi connectivity index (χ4n) is 5.73. The van der Waals surface area contributed by atoms with E-state index in [0.717, 1.165) is 56.9 Å². The maximum absolute atomic E-state index is 15.1. The summed E-state index contributed by atoms with van der Waals surface area (Å²) in [5, 5.41) is 0. The van der Waals surface area contributed by atoms with E-state index in [9.17, 15) is 4.39 Å². The molecule has 3 aliphatic rings. The molecule has 0 saturated heterocycles. The Morgan fingerprint density at radius 3 is 1.77 bits per heavy atom. The van der Waals surface area contributed by atoms with E-state index in [4.69, 9.17) is 4.74 Å². The van der Waals surface area contributed by atoms with Gasteiger partial charge in [-0.2, -0.15) is 0 Å². The van der Waals surface area contributed by atoms with E-state index in [1.165, 1.54) is 7.11 Å². The van der Waals surface area contributed by atoms with Gasteiger partial charge >= 0.3 is 0 Å². The first kappa shape index (κ1) is 21.5. The van der Waals surface area contributed by atoms with Crippen molar-refractivity contribution in [3.63, 3.8) is 0 Å². The third-order valence-corrected chi connectivity index (χ3v) is 7.70. The number of hydrogen-bond donors (Lipinski definition) is 0. The van der Waals surface area contributed by atoms with Crippen molar-refractivity contribution in [3.05, 3.63) is 52.9 Å². The Kier molecular flexibility index (Phi) is 6.60. The van der Waals surface area contributed by atoms with E-state index in [0.29, 0.717) is 17.1 Å². The number of benzene rings is 1. The van der Waals surface area contributed by atoms with Gasteiger partial charge < -0.3 is 4.74 Å².